The minimum absolute atomic E-state index is 0.177. The van der Waals surface area contributed by atoms with Gasteiger partial charge in [0.1, 0.15) is 5.82 Å². The molecule has 2 aromatic rings. The van der Waals surface area contributed by atoms with Crippen molar-refractivity contribution in [3.8, 4) is 0 Å². The summed E-state index contributed by atoms with van der Waals surface area (Å²) in [5.41, 5.74) is 1.16. The second kappa shape index (κ2) is 7.04. The van der Waals surface area contributed by atoms with E-state index < -0.39 is 0 Å². The molecule has 0 bridgehead atoms. The summed E-state index contributed by atoms with van der Waals surface area (Å²) in [6, 6.07) is 9.04. The van der Waals surface area contributed by atoms with E-state index in [1.54, 1.807) is 6.20 Å². The van der Waals surface area contributed by atoms with Crippen LogP contribution in [0.3, 0.4) is 0 Å². The average molecular weight is 261 g/mol. The molecule has 0 aliphatic rings. The molecule has 102 valence electrons. The highest BCUT2D eigenvalue weighted by atomic mass is 19.1. The van der Waals surface area contributed by atoms with Gasteiger partial charge < -0.3 is 5.32 Å². The molecular formula is C15H20FN3. The Kier molecular flexibility index (Phi) is 5.10. The van der Waals surface area contributed by atoms with Crippen molar-refractivity contribution in [3.05, 3.63) is 54.1 Å². The van der Waals surface area contributed by atoms with Crippen molar-refractivity contribution in [1.82, 2.24) is 15.1 Å². The first-order chi connectivity index (χ1) is 9.24. The van der Waals surface area contributed by atoms with Crippen LogP contribution < -0.4 is 5.32 Å². The molecule has 0 fully saturated rings. The molecule has 3 nitrogen and oxygen atoms in total. The normalized spacial score (nSPS) is 12.5. The lowest BCUT2D eigenvalue weighted by atomic mass is 10.1. The van der Waals surface area contributed by atoms with E-state index in [1.165, 1.54) is 12.1 Å². The van der Waals surface area contributed by atoms with E-state index in [-0.39, 0.29) is 5.82 Å². The Morgan fingerprint density at radius 1 is 1.32 bits per heavy atom. The van der Waals surface area contributed by atoms with Crippen LogP contribution in [0.15, 0.2) is 42.7 Å². The Morgan fingerprint density at radius 3 is 2.79 bits per heavy atom. The van der Waals surface area contributed by atoms with Gasteiger partial charge in [0.25, 0.3) is 0 Å². The van der Waals surface area contributed by atoms with Gasteiger partial charge in [-0.05, 0) is 50.1 Å². The summed E-state index contributed by atoms with van der Waals surface area (Å²) in [5, 5.41) is 7.64. The van der Waals surface area contributed by atoms with Gasteiger partial charge in [-0.15, -0.1) is 0 Å². The minimum Gasteiger partial charge on any atom is -0.314 e. The maximum absolute atomic E-state index is 12.8. The third-order valence-electron chi connectivity index (χ3n) is 3.07. The SMILES string of the molecule is C[C@H](Cc1ccc(F)cc1)NCCCn1cccn1. The van der Waals surface area contributed by atoms with E-state index in [4.69, 9.17) is 0 Å². The fraction of sp³-hybridized carbons (Fsp3) is 0.400. The molecule has 4 heteroatoms. The number of hydrogen-bond donors (Lipinski definition) is 1. The predicted molar refractivity (Wildman–Crippen MR) is 74.4 cm³/mol. The first-order valence-electron chi connectivity index (χ1n) is 6.69. The number of aryl methyl sites for hydroxylation is 1. The molecule has 1 N–H and O–H groups in total. The number of rotatable bonds is 7. The van der Waals surface area contributed by atoms with Gasteiger partial charge in [0, 0.05) is 25.0 Å². The van der Waals surface area contributed by atoms with Crippen LogP contribution in [0.4, 0.5) is 4.39 Å². The van der Waals surface area contributed by atoms with Crippen molar-refractivity contribution in [3.63, 3.8) is 0 Å². The predicted octanol–water partition coefficient (Wildman–Crippen LogP) is 2.63. The molecule has 0 saturated carbocycles. The number of hydrogen-bond acceptors (Lipinski definition) is 2. The van der Waals surface area contributed by atoms with Gasteiger partial charge in [-0.1, -0.05) is 12.1 Å². The third kappa shape index (κ3) is 4.83. The van der Waals surface area contributed by atoms with Crippen LogP contribution >= 0.6 is 0 Å². The van der Waals surface area contributed by atoms with E-state index in [9.17, 15) is 4.39 Å². The molecule has 19 heavy (non-hydrogen) atoms. The second-order valence-electron chi connectivity index (χ2n) is 4.81. The van der Waals surface area contributed by atoms with Crippen LogP contribution in [-0.2, 0) is 13.0 Å². The van der Waals surface area contributed by atoms with Crippen LogP contribution in [-0.4, -0.2) is 22.4 Å². The number of halogens is 1. The lowest BCUT2D eigenvalue weighted by Crippen LogP contribution is -2.29. The van der Waals surface area contributed by atoms with Crippen LogP contribution in [0.2, 0.25) is 0 Å². The summed E-state index contributed by atoms with van der Waals surface area (Å²) >= 11 is 0. The van der Waals surface area contributed by atoms with Crippen LogP contribution in [0, 0.1) is 5.82 Å². The van der Waals surface area contributed by atoms with Crippen LogP contribution in [0.25, 0.3) is 0 Å². The molecule has 0 unspecified atom stereocenters. The summed E-state index contributed by atoms with van der Waals surface area (Å²) in [5.74, 6) is -0.177. The minimum atomic E-state index is -0.177. The van der Waals surface area contributed by atoms with Gasteiger partial charge >= 0.3 is 0 Å². The van der Waals surface area contributed by atoms with Crippen molar-refractivity contribution < 1.29 is 4.39 Å². The van der Waals surface area contributed by atoms with Crippen molar-refractivity contribution in [2.45, 2.75) is 32.4 Å². The average Bonchev–Trinajstić information content (AvgIpc) is 2.91. The highest BCUT2D eigenvalue weighted by Gasteiger charge is 2.03. The Morgan fingerprint density at radius 2 is 2.11 bits per heavy atom. The van der Waals surface area contributed by atoms with Gasteiger partial charge in [-0.25, -0.2) is 4.39 Å². The largest absolute Gasteiger partial charge is 0.314 e. The fourth-order valence-corrected chi connectivity index (χ4v) is 2.07. The van der Waals surface area contributed by atoms with Crippen molar-refractivity contribution in [2.75, 3.05) is 6.54 Å². The highest BCUT2D eigenvalue weighted by molar-refractivity contribution is 5.16. The highest BCUT2D eigenvalue weighted by Crippen LogP contribution is 2.05. The van der Waals surface area contributed by atoms with Gasteiger partial charge in [-0.3, -0.25) is 4.68 Å². The third-order valence-corrected chi connectivity index (χ3v) is 3.07. The summed E-state index contributed by atoms with van der Waals surface area (Å²) in [4.78, 5) is 0. The molecule has 1 heterocycles. The summed E-state index contributed by atoms with van der Waals surface area (Å²) in [7, 11) is 0. The Hall–Kier alpha value is -1.68. The molecule has 1 aromatic heterocycles. The first-order valence-corrected chi connectivity index (χ1v) is 6.69. The molecule has 2 rings (SSSR count). The summed E-state index contributed by atoms with van der Waals surface area (Å²) in [6.45, 7) is 4.04. The number of benzene rings is 1. The number of nitrogens with one attached hydrogen (secondary N) is 1. The summed E-state index contributed by atoms with van der Waals surface area (Å²) < 4.78 is 14.7. The van der Waals surface area contributed by atoms with Crippen molar-refractivity contribution in [2.24, 2.45) is 0 Å². The lowest BCUT2D eigenvalue weighted by Gasteiger charge is -2.13. The van der Waals surface area contributed by atoms with Gasteiger partial charge in [0.2, 0.25) is 0 Å². The smallest absolute Gasteiger partial charge is 0.123 e. The van der Waals surface area contributed by atoms with E-state index in [0.717, 1.165) is 31.5 Å². The van der Waals surface area contributed by atoms with Crippen molar-refractivity contribution >= 4 is 0 Å². The second-order valence-corrected chi connectivity index (χ2v) is 4.81. The quantitative estimate of drug-likeness (QED) is 0.776. The molecule has 1 atom stereocenters. The molecule has 0 radical (unpaired) electrons. The molecule has 0 aliphatic heterocycles. The Labute approximate surface area is 113 Å². The summed E-state index contributed by atoms with van der Waals surface area (Å²) in [6.07, 6.45) is 5.74. The lowest BCUT2D eigenvalue weighted by molar-refractivity contribution is 0.494. The monoisotopic (exact) mass is 261 g/mol. The van der Waals surface area contributed by atoms with Gasteiger partial charge in [-0.2, -0.15) is 5.10 Å². The zero-order chi connectivity index (χ0) is 13.5. The van der Waals surface area contributed by atoms with Gasteiger partial charge in [0.15, 0.2) is 0 Å². The van der Waals surface area contributed by atoms with Crippen LogP contribution in [0.5, 0.6) is 0 Å². The molecule has 0 aliphatic carbocycles. The molecule has 0 saturated heterocycles. The van der Waals surface area contributed by atoms with Gasteiger partial charge in [0.05, 0.1) is 0 Å². The first kappa shape index (κ1) is 13.7. The molecule has 0 amide bonds. The topological polar surface area (TPSA) is 29.9 Å². The van der Waals surface area contributed by atoms with E-state index >= 15 is 0 Å². The van der Waals surface area contributed by atoms with E-state index in [2.05, 4.69) is 17.3 Å². The Balaban J connectivity index is 1.64. The fourth-order valence-electron chi connectivity index (χ4n) is 2.07. The maximum Gasteiger partial charge on any atom is 0.123 e. The molecular weight excluding hydrogens is 241 g/mol. The van der Waals surface area contributed by atoms with Crippen LogP contribution in [0.1, 0.15) is 18.9 Å². The van der Waals surface area contributed by atoms with Crippen molar-refractivity contribution in [1.29, 1.82) is 0 Å². The zero-order valence-electron chi connectivity index (χ0n) is 11.2. The van der Waals surface area contributed by atoms with E-state index in [1.807, 2.05) is 29.1 Å². The Bertz CT molecular complexity index is 465. The molecule has 1 aromatic carbocycles. The van der Waals surface area contributed by atoms with E-state index in [0.29, 0.717) is 6.04 Å². The maximum atomic E-state index is 12.8. The standard InChI is InChI=1S/C15H20FN3/c1-13(12-14-4-6-15(16)7-5-14)17-8-2-10-19-11-3-9-18-19/h3-7,9,11,13,17H,2,8,10,12H2,1H3/t13-/m1/s1. The zero-order valence-corrected chi connectivity index (χ0v) is 11.2. The molecule has 0 spiro atoms. The number of nitrogens with zero attached hydrogens (tertiary/aromatic N) is 2. The number of aromatic nitrogens is 2.